The number of rotatable bonds is 4. The molecule has 4 aliphatic carbocycles. The molecule has 0 amide bonds. The van der Waals surface area contributed by atoms with E-state index in [-0.39, 0.29) is 47.6 Å². The second-order valence-corrected chi connectivity index (χ2v) is 11.2. The molecule has 1 aromatic rings. The molecule has 0 heterocycles. The number of esters is 1. The topological polar surface area (TPSA) is 97.7 Å². The van der Waals surface area contributed by atoms with E-state index in [0.717, 1.165) is 18.4 Å². The van der Waals surface area contributed by atoms with Crippen LogP contribution in [0.25, 0.3) is 0 Å². The molecule has 0 saturated heterocycles. The fourth-order valence-corrected chi connectivity index (χ4v) is 7.75. The van der Waals surface area contributed by atoms with Crippen LogP contribution >= 0.6 is 0 Å². The Bertz CT molecular complexity index is 1090. The molecular weight excluding hydrogens is 432 g/mol. The Hall–Kier alpha value is -2.60. The number of ketones is 3. The zero-order valence-corrected chi connectivity index (χ0v) is 19.8. The van der Waals surface area contributed by atoms with Crippen LogP contribution in [0.5, 0.6) is 0 Å². The van der Waals surface area contributed by atoms with Crippen LogP contribution in [0.1, 0.15) is 69.2 Å². The van der Waals surface area contributed by atoms with Gasteiger partial charge in [0.25, 0.3) is 0 Å². The highest BCUT2D eigenvalue weighted by atomic mass is 16.5. The number of hydrogen-bond acceptors (Lipinski definition) is 6. The first-order valence-electron chi connectivity index (χ1n) is 12.3. The van der Waals surface area contributed by atoms with Gasteiger partial charge >= 0.3 is 5.97 Å². The number of Topliss-reactive ketones (excluding diaryl/α,β-unsaturated/α-hetero) is 2. The zero-order valence-electron chi connectivity index (χ0n) is 19.8. The maximum Gasteiger partial charge on any atom is 0.338 e. The molecule has 6 heteroatoms. The van der Waals surface area contributed by atoms with Crippen molar-refractivity contribution in [2.45, 2.75) is 64.4 Å². The summed E-state index contributed by atoms with van der Waals surface area (Å²) in [7, 11) is 0. The summed E-state index contributed by atoms with van der Waals surface area (Å²) < 4.78 is 5.25. The van der Waals surface area contributed by atoms with E-state index in [4.69, 9.17) is 4.74 Å². The van der Waals surface area contributed by atoms with Crippen LogP contribution < -0.4 is 0 Å². The molecule has 180 valence electrons. The molecule has 0 radical (unpaired) electrons. The van der Waals surface area contributed by atoms with Crippen molar-refractivity contribution in [3.8, 4) is 0 Å². The van der Waals surface area contributed by atoms with Crippen molar-refractivity contribution in [3.63, 3.8) is 0 Å². The van der Waals surface area contributed by atoms with Crippen LogP contribution in [0.3, 0.4) is 0 Å². The summed E-state index contributed by atoms with van der Waals surface area (Å²) in [5.74, 6) is -0.972. The molecule has 3 fully saturated rings. The first-order chi connectivity index (χ1) is 16.1. The van der Waals surface area contributed by atoms with Crippen LogP contribution in [0.2, 0.25) is 0 Å². The van der Waals surface area contributed by atoms with Crippen LogP contribution in [-0.2, 0) is 19.1 Å². The fourth-order valence-electron chi connectivity index (χ4n) is 7.75. The van der Waals surface area contributed by atoms with Gasteiger partial charge in [0.05, 0.1) is 5.56 Å². The first-order valence-corrected chi connectivity index (χ1v) is 12.3. The number of hydrogen-bond donors (Lipinski definition) is 1. The smallest absolute Gasteiger partial charge is 0.338 e. The minimum absolute atomic E-state index is 0.0324. The van der Waals surface area contributed by atoms with E-state index in [1.807, 2.05) is 6.92 Å². The highest BCUT2D eigenvalue weighted by molar-refractivity contribution is 5.96. The van der Waals surface area contributed by atoms with Crippen LogP contribution in [-0.4, -0.2) is 40.6 Å². The Morgan fingerprint density at radius 1 is 1.06 bits per heavy atom. The number of aliphatic hydroxyl groups is 1. The lowest BCUT2D eigenvalue weighted by molar-refractivity contribution is -0.170. The first kappa shape index (κ1) is 23.2. The van der Waals surface area contributed by atoms with E-state index in [9.17, 15) is 24.3 Å². The van der Waals surface area contributed by atoms with Gasteiger partial charge in [0.2, 0.25) is 5.78 Å². The summed E-state index contributed by atoms with van der Waals surface area (Å²) in [6.07, 6.45) is 5.54. The predicted octanol–water partition coefficient (Wildman–Crippen LogP) is 3.85. The van der Waals surface area contributed by atoms with Gasteiger partial charge in [-0.15, -0.1) is 0 Å². The Morgan fingerprint density at radius 2 is 1.79 bits per heavy atom. The van der Waals surface area contributed by atoms with E-state index in [1.165, 1.54) is 0 Å². The van der Waals surface area contributed by atoms with E-state index >= 15 is 0 Å². The molecule has 4 aliphatic rings. The van der Waals surface area contributed by atoms with Gasteiger partial charge in [-0.3, -0.25) is 14.4 Å². The van der Waals surface area contributed by atoms with Crippen LogP contribution in [0, 0.1) is 28.6 Å². The van der Waals surface area contributed by atoms with Crippen molar-refractivity contribution in [2.75, 3.05) is 6.61 Å². The summed E-state index contributed by atoms with van der Waals surface area (Å²) in [5, 5.41) is 11.7. The summed E-state index contributed by atoms with van der Waals surface area (Å²) >= 11 is 0. The number of fused-ring (bicyclic) bond motifs is 5. The molecule has 5 rings (SSSR count). The Kier molecular flexibility index (Phi) is 5.43. The maximum atomic E-state index is 13.7. The standard InChI is InChI=1S/C28H32O6/c1-26-12-10-19(29)14-18(26)8-9-20-21-11-13-28(33,27(21,2)15-22(30)24(20)26)23(31)16-34-25(32)17-6-4-3-5-7-17/h3-7,14,20-21,24,33H,8-13,15-16H2,1-2H3/t20-,21+,24-,26+,27-,28+/m1/s1. The lowest BCUT2D eigenvalue weighted by Crippen LogP contribution is -2.61. The minimum atomic E-state index is -1.70. The summed E-state index contributed by atoms with van der Waals surface area (Å²) in [5.41, 5.74) is -1.46. The highest BCUT2D eigenvalue weighted by Crippen LogP contribution is 2.66. The predicted molar refractivity (Wildman–Crippen MR) is 124 cm³/mol. The van der Waals surface area contributed by atoms with Crippen LogP contribution in [0.4, 0.5) is 0 Å². The number of allylic oxidation sites excluding steroid dienone is 1. The Balaban J connectivity index is 1.37. The lowest BCUT2D eigenvalue weighted by Gasteiger charge is -2.57. The van der Waals surface area contributed by atoms with Crippen molar-refractivity contribution in [1.82, 2.24) is 0 Å². The molecule has 0 unspecified atom stereocenters. The van der Waals surface area contributed by atoms with Gasteiger partial charge in [-0.2, -0.15) is 0 Å². The molecule has 0 aromatic heterocycles. The molecule has 0 aliphatic heterocycles. The second kappa shape index (κ2) is 7.98. The number of carbonyl (C=O) groups excluding carboxylic acids is 4. The van der Waals surface area contributed by atoms with Crippen molar-refractivity contribution in [1.29, 1.82) is 0 Å². The van der Waals surface area contributed by atoms with E-state index in [0.29, 0.717) is 24.8 Å². The quantitative estimate of drug-likeness (QED) is 0.680. The maximum absolute atomic E-state index is 13.7. The third kappa shape index (κ3) is 3.25. The monoisotopic (exact) mass is 464 g/mol. The summed E-state index contributed by atoms with van der Waals surface area (Å²) in [4.78, 5) is 51.3. The Morgan fingerprint density at radius 3 is 2.53 bits per heavy atom. The third-order valence-corrected chi connectivity index (χ3v) is 9.61. The van der Waals surface area contributed by atoms with E-state index < -0.39 is 29.4 Å². The molecular formula is C28H32O6. The van der Waals surface area contributed by atoms with Gasteiger partial charge in [0.1, 0.15) is 11.4 Å². The molecule has 1 N–H and O–H groups in total. The largest absolute Gasteiger partial charge is 0.454 e. The van der Waals surface area contributed by atoms with Crippen molar-refractivity contribution >= 4 is 23.3 Å². The number of benzene rings is 1. The lowest BCUT2D eigenvalue weighted by atomic mass is 9.46. The van der Waals surface area contributed by atoms with Crippen molar-refractivity contribution in [2.24, 2.45) is 28.6 Å². The van der Waals surface area contributed by atoms with Gasteiger partial charge in [-0.1, -0.05) is 37.6 Å². The Labute approximate surface area is 199 Å². The molecule has 0 spiro atoms. The van der Waals surface area contributed by atoms with Gasteiger partial charge < -0.3 is 9.84 Å². The fraction of sp³-hybridized carbons (Fsp3) is 0.571. The van der Waals surface area contributed by atoms with Gasteiger partial charge in [0, 0.05) is 24.2 Å². The number of ether oxygens (including phenoxy) is 1. The summed E-state index contributed by atoms with van der Waals surface area (Å²) in [6.45, 7) is 3.48. The van der Waals surface area contributed by atoms with Crippen molar-refractivity contribution < 1.29 is 29.0 Å². The molecule has 6 atom stereocenters. The van der Waals surface area contributed by atoms with Gasteiger partial charge in [-0.25, -0.2) is 4.79 Å². The summed E-state index contributed by atoms with van der Waals surface area (Å²) in [6, 6.07) is 8.43. The average Bonchev–Trinajstić information content (AvgIpc) is 3.09. The third-order valence-electron chi connectivity index (χ3n) is 9.61. The van der Waals surface area contributed by atoms with Gasteiger partial charge in [0.15, 0.2) is 12.4 Å². The van der Waals surface area contributed by atoms with Crippen LogP contribution in [0.15, 0.2) is 42.0 Å². The molecule has 3 saturated carbocycles. The molecule has 6 nitrogen and oxygen atoms in total. The molecule has 1 aromatic carbocycles. The van der Waals surface area contributed by atoms with E-state index in [1.54, 1.807) is 36.4 Å². The molecule has 34 heavy (non-hydrogen) atoms. The van der Waals surface area contributed by atoms with E-state index in [2.05, 4.69) is 6.92 Å². The van der Waals surface area contributed by atoms with Gasteiger partial charge in [-0.05, 0) is 67.6 Å². The number of carbonyl (C=O) groups is 4. The zero-order chi connectivity index (χ0) is 24.3. The highest BCUT2D eigenvalue weighted by Gasteiger charge is 2.68. The van der Waals surface area contributed by atoms with Crippen molar-refractivity contribution in [3.05, 3.63) is 47.5 Å². The normalized spacial score (nSPS) is 38.9. The minimum Gasteiger partial charge on any atom is -0.454 e. The SMILES string of the molecule is C[C@]12CCC(=O)C=C1CC[C@H]1[C@@H]2C(=O)C[C@]2(C)[C@H]1CC[C@]2(O)C(=O)COC(=O)c1ccccc1. The molecule has 0 bridgehead atoms. The average molecular weight is 465 g/mol. The second-order valence-electron chi connectivity index (χ2n) is 11.2.